The van der Waals surface area contributed by atoms with Crippen molar-refractivity contribution in [2.24, 2.45) is 0 Å². The molecule has 0 aliphatic rings. The second-order valence-electron chi connectivity index (χ2n) is 23.7. The lowest BCUT2D eigenvalue weighted by Crippen LogP contribution is -2.44. The normalized spacial score (nSPS) is 13.4. The topological polar surface area (TPSA) is 111 Å². The predicted molar refractivity (Wildman–Crippen MR) is 352 cm³/mol. The quantitative estimate of drug-likeness (QED) is 0.0195. The van der Waals surface area contributed by atoms with Gasteiger partial charge in [0, 0.05) is 12.8 Å². The molecular formula is C74H127NO8. The molecule has 0 amide bonds. The van der Waals surface area contributed by atoms with Crippen molar-refractivity contribution in [1.82, 2.24) is 0 Å². The van der Waals surface area contributed by atoms with Crippen LogP contribution in [0.1, 0.15) is 284 Å². The number of aliphatic carboxylic acids is 1. The lowest BCUT2D eigenvalue weighted by Gasteiger charge is -2.26. The van der Waals surface area contributed by atoms with Gasteiger partial charge in [0.15, 0.2) is 12.4 Å². The fourth-order valence-corrected chi connectivity index (χ4v) is 9.31. The number of carboxylic acids is 1. The van der Waals surface area contributed by atoms with Crippen molar-refractivity contribution in [1.29, 1.82) is 0 Å². The van der Waals surface area contributed by atoms with Gasteiger partial charge in [-0.15, -0.1) is 0 Å². The summed E-state index contributed by atoms with van der Waals surface area (Å²) in [5.41, 5.74) is 0. The highest BCUT2D eigenvalue weighted by Crippen LogP contribution is 2.17. The Balaban J connectivity index is 4.17. The zero-order chi connectivity index (χ0) is 60.5. The van der Waals surface area contributed by atoms with Crippen LogP contribution in [0.4, 0.5) is 0 Å². The van der Waals surface area contributed by atoms with Gasteiger partial charge < -0.3 is 33.3 Å². The molecule has 476 valence electrons. The van der Waals surface area contributed by atoms with E-state index in [1.165, 1.54) is 161 Å². The van der Waals surface area contributed by atoms with E-state index in [9.17, 15) is 19.5 Å². The first kappa shape index (κ1) is 79.0. The molecule has 0 aliphatic carbocycles. The maximum atomic E-state index is 12.9. The van der Waals surface area contributed by atoms with Crippen LogP contribution >= 0.6 is 0 Å². The van der Waals surface area contributed by atoms with Gasteiger partial charge in [0.2, 0.25) is 0 Å². The van der Waals surface area contributed by atoms with E-state index in [1.54, 1.807) is 0 Å². The first-order valence-electron chi connectivity index (χ1n) is 34.0. The molecule has 0 fully saturated rings. The minimum atomic E-state index is -1.63. The Kier molecular flexibility index (Phi) is 60.8. The molecule has 0 saturated carbocycles. The number of ether oxygens (including phenoxy) is 4. The van der Waals surface area contributed by atoms with Crippen LogP contribution < -0.4 is 5.11 Å². The zero-order valence-electron chi connectivity index (χ0n) is 54.3. The first-order valence-corrected chi connectivity index (χ1v) is 34.0. The van der Waals surface area contributed by atoms with Gasteiger partial charge in [-0.2, -0.15) is 0 Å². The van der Waals surface area contributed by atoms with Crippen molar-refractivity contribution < 1.29 is 42.9 Å². The number of likely N-dealkylation sites (N-methyl/N-ethyl adjacent to an activating group) is 1. The maximum Gasteiger partial charge on any atom is 0.306 e. The monoisotopic (exact) mass is 1160 g/mol. The lowest BCUT2D eigenvalue weighted by molar-refractivity contribution is -0.870. The summed E-state index contributed by atoms with van der Waals surface area (Å²) in [6, 6.07) is 0. The summed E-state index contributed by atoms with van der Waals surface area (Å²) in [5, 5.41) is 11.8. The van der Waals surface area contributed by atoms with Crippen LogP contribution in [0.5, 0.6) is 0 Å². The standard InChI is InChI=1S/C74H127NO8/c1-6-8-10-12-14-16-18-20-22-24-26-28-30-32-34-35-36-37-39-41-43-45-47-49-51-53-55-57-59-61-63-65-72(77)83-70(69-82-74(73(78)79)80-67-66-75(3,4)5)68-81-71(76)64-62-60-58-56-54-52-50-48-46-44-42-40-38-33-31-29-27-25-23-21-19-17-15-13-11-9-7-2/h8,10,14,16,19-22,25-28,31-34,36-37,70,74H,6-7,9,11-13,15,17-18,23-24,29-30,35,38-69H2,1-5H3/b10-8-,16-14-,21-19-,22-20-,27-25-,28-26-,33-31-,34-32-,37-36-. The summed E-state index contributed by atoms with van der Waals surface area (Å²) in [6.07, 6.45) is 85.8. The van der Waals surface area contributed by atoms with Crippen LogP contribution in [0.15, 0.2) is 109 Å². The average Bonchev–Trinajstić information content (AvgIpc) is 3.46. The molecule has 0 aromatic rings. The number of rotatable bonds is 62. The fourth-order valence-electron chi connectivity index (χ4n) is 9.31. The molecule has 0 aliphatic heterocycles. The van der Waals surface area contributed by atoms with E-state index in [0.717, 1.165) is 89.9 Å². The van der Waals surface area contributed by atoms with Crippen molar-refractivity contribution in [3.8, 4) is 0 Å². The minimum Gasteiger partial charge on any atom is -0.545 e. The third-order valence-electron chi connectivity index (χ3n) is 14.5. The highest BCUT2D eigenvalue weighted by atomic mass is 16.7. The molecule has 0 saturated heterocycles. The Hall–Kier alpha value is -4.05. The molecule has 0 aromatic carbocycles. The largest absolute Gasteiger partial charge is 0.545 e. The number of esters is 2. The Bertz CT molecular complexity index is 1730. The van der Waals surface area contributed by atoms with Gasteiger partial charge in [0.25, 0.3) is 0 Å². The van der Waals surface area contributed by atoms with E-state index in [0.29, 0.717) is 17.4 Å². The molecule has 0 radical (unpaired) electrons. The molecule has 0 heterocycles. The number of unbranched alkanes of at least 4 members (excludes halogenated alkanes) is 29. The molecular weight excluding hydrogens is 1030 g/mol. The minimum absolute atomic E-state index is 0.143. The van der Waals surface area contributed by atoms with Crippen molar-refractivity contribution in [3.63, 3.8) is 0 Å². The molecule has 0 bridgehead atoms. The molecule has 2 atom stereocenters. The molecule has 0 rings (SSSR count). The van der Waals surface area contributed by atoms with Gasteiger partial charge in [0.05, 0.1) is 40.3 Å². The average molecular weight is 1160 g/mol. The third kappa shape index (κ3) is 65.3. The second kappa shape index (κ2) is 64.0. The van der Waals surface area contributed by atoms with Crippen LogP contribution in [0, 0.1) is 0 Å². The summed E-state index contributed by atoms with van der Waals surface area (Å²) in [4.78, 5) is 37.5. The molecule has 0 spiro atoms. The van der Waals surface area contributed by atoms with E-state index < -0.39 is 24.3 Å². The van der Waals surface area contributed by atoms with E-state index in [2.05, 4.69) is 123 Å². The Labute approximate surface area is 511 Å². The number of quaternary nitrogens is 1. The SMILES string of the molecule is CC/C=C\C/C=C\C/C=C\C/C=C\C/C=C\C/C=C\CCCCCCCCCCCCCCC(=O)OC(COC(=O)CCCCCCCCCCCCCC/C=C\C/C=C\C/C=C\CCCCCCC)COC(OCC[N+](C)(C)C)C(=O)[O-]. The maximum absolute atomic E-state index is 12.9. The van der Waals surface area contributed by atoms with Crippen molar-refractivity contribution in [2.75, 3.05) is 47.5 Å². The van der Waals surface area contributed by atoms with Crippen molar-refractivity contribution in [3.05, 3.63) is 109 Å². The van der Waals surface area contributed by atoms with E-state index in [1.807, 2.05) is 21.1 Å². The summed E-state index contributed by atoms with van der Waals surface area (Å²) in [6.45, 7) is 4.63. The molecule has 0 N–H and O–H groups in total. The van der Waals surface area contributed by atoms with Gasteiger partial charge in [-0.25, -0.2) is 0 Å². The number of carbonyl (C=O) groups is 3. The summed E-state index contributed by atoms with van der Waals surface area (Å²) < 4.78 is 22.8. The first-order chi connectivity index (χ1) is 40.6. The fraction of sp³-hybridized carbons (Fsp3) is 0.716. The van der Waals surface area contributed by atoms with E-state index >= 15 is 0 Å². The lowest BCUT2D eigenvalue weighted by atomic mass is 10.0. The molecule has 83 heavy (non-hydrogen) atoms. The van der Waals surface area contributed by atoms with Crippen LogP contribution in [0.3, 0.4) is 0 Å². The van der Waals surface area contributed by atoms with Gasteiger partial charge in [-0.05, 0) is 103 Å². The Morgan fingerprint density at radius 1 is 0.373 bits per heavy atom. The Morgan fingerprint density at radius 3 is 1.02 bits per heavy atom. The smallest absolute Gasteiger partial charge is 0.306 e. The van der Waals surface area contributed by atoms with Gasteiger partial charge in [-0.1, -0.05) is 277 Å². The predicted octanol–water partition coefficient (Wildman–Crippen LogP) is 19.7. The molecule has 9 nitrogen and oxygen atoms in total. The van der Waals surface area contributed by atoms with E-state index in [4.69, 9.17) is 18.9 Å². The van der Waals surface area contributed by atoms with Crippen LogP contribution in [-0.2, 0) is 33.3 Å². The van der Waals surface area contributed by atoms with Crippen molar-refractivity contribution >= 4 is 17.9 Å². The number of allylic oxidation sites excluding steroid dienone is 18. The highest BCUT2D eigenvalue weighted by molar-refractivity contribution is 5.70. The van der Waals surface area contributed by atoms with E-state index in [-0.39, 0.29) is 38.6 Å². The zero-order valence-corrected chi connectivity index (χ0v) is 54.3. The van der Waals surface area contributed by atoms with Gasteiger partial charge in [0.1, 0.15) is 13.2 Å². The van der Waals surface area contributed by atoms with Crippen LogP contribution in [-0.4, -0.2) is 82.3 Å². The number of hydrogen-bond acceptors (Lipinski definition) is 8. The summed E-state index contributed by atoms with van der Waals surface area (Å²) >= 11 is 0. The molecule has 2 unspecified atom stereocenters. The van der Waals surface area contributed by atoms with Crippen molar-refractivity contribution in [2.45, 2.75) is 296 Å². The summed E-state index contributed by atoms with van der Waals surface area (Å²) in [7, 11) is 5.93. The van der Waals surface area contributed by atoms with Gasteiger partial charge >= 0.3 is 11.9 Å². The van der Waals surface area contributed by atoms with Crippen LogP contribution in [0.2, 0.25) is 0 Å². The Morgan fingerprint density at radius 2 is 0.687 bits per heavy atom. The molecule has 0 aromatic heterocycles. The number of carboxylic acid groups (broad SMARTS) is 1. The number of nitrogens with zero attached hydrogens (tertiary/aromatic N) is 1. The van der Waals surface area contributed by atoms with Gasteiger partial charge in [-0.3, -0.25) is 9.59 Å². The second-order valence-corrected chi connectivity index (χ2v) is 23.7. The number of hydrogen-bond donors (Lipinski definition) is 0. The highest BCUT2D eigenvalue weighted by Gasteiger charge is 2.22. The summed E-state index contributed by atoms with van der Waals surface area (Å²) in [5.74, 6) is -2.29. The van der Waals surface area contributed by atoms with Crippen LogP contribution in [0.25, 0.3) is 0 Å². The molecule has 9 heteroatoms. The number of carbonyl (C=O) groups excluding carboxylic acids is 3. The third-order valence-corrected chi connectivity index (χ3v) is 14.5.